The van der Waals surface area contributed by atoms with Gasteiger partial charge in [-0.15, -0.1) is 11.3 Å². The van der Waals surface area contributed by atoms with Crippen molar-refractivity contribution < 1.29 is 9.90 Å². The van der Waals surface area contributed by atoms with E-state index in [0.29, 0.717) is 5.13 Å². The molecule has 2 aromatic rings. The molecule has 0 aliphatic heterocycles. The molecule has 21 heavy (non-hydrogen) atoms. The average Bonchev–Trinajstić information content (AvgIpc) is 2.78. The SMILES string of the molecule is Cc1sc(NC(C)(C)CCc2ccccc2)nc1C(=O)O. The normalized spacial score (nSPS) is 11.4. The van der Waals surface area contributed by atoms with E-state index in [0.717, 1.165) is 17.7 Å². The van der Waals surface area contributed by atoms with E-state index in [1.807, 2.05) is 18.2 Å². The fourth-order valence-corrected chi connectivity index (χ4v) is 3.09. The highest BCUT2D eigenvalue weighted by atomic mass is 32.1. The summed E-state index contributed by atoms with van der Waals surface area (Å²) < 4.78 is 0. The molecule has 0 aliphatic carbocycles. The number of benzene rings is 1. The summed E-state index contributed by atoms with van der Waals surface area (Å²) in [6, 6.07) is 10.3. The molecule has 4 nitrogen and oxygen atoms in total. The molecule has 0 radical (unpaired) electrons. The van der Waals surface area contributed by atoms with Crippen molar-refractivity contribution in [2.45, 2.75) is 39.2 Å². The zero-order valence-corrected chi connectivity index (χ0v) is 13.3. The Morgan fingerprint density at radius 1 is 1.33 bits per heavy atom. The number of nitrogens with zero attached hydrogens (tertiary/aromatic N) is 1. The molecule has 0 saturated heterocycles. The van der Waals surface area contributed by atoms with Crippen LogP contribution in [0.25, 0.3) is 0 Å². The topological polar surface area (TPSA) is 62.2 Å². The maximum Gasteiger partial charge on any atom is 0.355 e. The van der Waals surface area contributed by atoms with Gasteiger partial charge in [0.2, 0.25) is 0 Å². The van der Waals surface area contributed by atoms with Gasteiger partial charge in [0.1, 0.15) is 0 Å². The van der Waals surface area contributed by atoms with Crippen LogP contribution in [0.2, 0.25) is 0 Å². The monoisotopic (exact) mass is 304 g/mol. The fourth-order valence-electron chi connectivity index (χ4n) is 2.10. The summed E-state index contributed by atoms with van der Waals surface area (Å²) in [5, 5.41) is 13.1. The van der Waals surface area contributed by atoms with Gasteiger partial charge >= 0.3 is 5.97 Å². The van der Waals surface area contributed by atoms with Crippen LogP contribution in [0.3, 0.4) is 0 Å². The molecule has 1 heterocycles. The van der Waals surface area contributed by atoms with Crippen LogP contribution in [-0.4, -0.2) is 21.6 Å². The third kappa shape index (κ3) is 4.29. The summed E-state index contributed by atoms with van der Waals surface area (Å²) in [7, 11) is 0. The van der Waals surface area contributed by atoms with Crippen molar-refractivity contribution in [2.75, 3.05) is 5.32 Å². The Balaban J connectivity index is 2.00. The number of carboxylic acid groups (broad SMARTS) is 1. The van der Waals surface area contributed by atoms with Crippen molar-refractivity contribution >= 4 is 22.4 Å². The lowest BCUT2D eigenvalue weighted by Crippen LogP contribution is -2.31. The van der Waals surface area contributed by atoms with Crippen LogP contribution in [0.1, 0.15) is 41.2 Å². The van der Waals surface area contributed by atoms with Crippen molar-refractivity contribution in [3.05, 3.63) is 46.5 Å². The summed E-state index contributed by atoms with van der Waals surface area (Å²) >= 11 is 1.39. The number of nitrogens with one attached hydrogen (secondary N) is 1. The van der Waals surface area contributed by atoms with Crippen molar-refractivity contribution in [3.8, 4) is 0 Å². The van der Waals surface area contributed by atoms with Gasteiger partial charge in [-0.25, -0.2) is 9.78 Å². The number of thiazole rings is 1. The van der Waals surface area contributed by atoms with Gasteiger partial charge < -0.3 is 10.4 Å². The largest absolute Gasteiger partial charge is 0.476 e. The number of carboxylic acids is 1. The lowest BCUT2D eigenvalue weighted by atomic mass is 9.95. The molecule has 0 aliphatic rings. The molecule has 0 amide bonds. The highest BCUT2D eigenvalue weighted by molar-refractivity contribution is 7.15. The first-order valence-electron chi connectivity index (χ1n) is 6.90. The Bertz CT molecular complexity index is 620. The van der Waals surface area contributed by atoms with Crippen molar-refractivity contribution in [1.82, 2.24) is 4.98 Å². The van der Waals surface area contributed by atoms with Crippen LogP contribution < -0.4 is 5.32 Å². The number of carbonyl (C=O) groups is 1. The van der Waals surface area contributed by atoms with E-state index in [1.54, 1.807) is 6.92 Å². The third-order valence-corrected chi connectivity index (χ3v) is 4.21. The van der Waals surface area contributed by atoms with Gasteiger partial charge in [-0.1, -0.05) is 30.3 Å². The zero-order chi connectivity index (χ0) is 15.5. The Hall–Kier alpha value is -1.88. The first-order valence-corrected chi connectivity index (χ1v) is 7.72. The van der Waals surface area contributed by atoms with E-state index in [2.05, 4.69) is 36.3 Å². The molecule has 1 aromatic carbocycles. The molecular formula is C16H20N2O2S. The minimum Gasteiger partial charge on any atom is -0.476 e. The van der Waals surface area contributed by atoms with Crippen molar-refractivity contribution in [3.63, 3.8) is 0 Å². The Morgan fingerprint density at radius 3 is 2.57 bits per heavy atom. The molecule has 5 heteroatoms. The summed E-state index contributed by atoms with van der Waals surface area (Å²) in [5.41, 5.74) is 1.30. The second-order valence-corrected chi connectivity index (χ2v) is 6.93. The molecule has 0 bridgehead atoms. The molecule has 0 saturated carbocycles. The van der Waals surface area contributed by atoms with Crippen LogP contribution in [0.4, 0.5) is 5.13 Å². The maximum absolute atomic E-state index is 11.0. The van der Waals surface area contributed by atoms with E-state index >= 15 is 0 Å². The minimum absolute atomic E-state index is 0.140. The van der Waals surface area contributed by atoms with Crippen LogP contribution in [0.15, 0.2) is 30.3 Å². The van der Waals surface area contributed by atoms with Gasteiger partial charge in [0.25, 0.3) is 0 Å². The van der Waals surface area contributed by atoms with Gasteiger partial charge in [-0.3, -0.25) is 0 Å². The standard InChI is InChI=1S/C16H20N2O2S/c1-11-13(14(19)20)17-15(21-11)18-16(2,3)10-9-12-7-5-4-6-8-12/h4-8H,9-10H2,1-3H3,(H,17,18)(H,19,20). The molecule has 2 N–H and O–H groups in total. The molecule has 0 fully saturated rings. The van der Waals surface area contributed by atoms with Gasteiger partial charge in [0, 0.05) is 10.4 Å². The second kappa shape index (κ2) is 6.26. The molecule has 0 atom stereocenters. The molecule has 0 spiro atoms. The number of anilines is 1. The summed E-state index contributed by atoms with van der Waals surface area (Å²) in [6.07, 6.45) is 1.91. The predicted molar refractivity (Wildman–Crippen MR) is 86.3 cm³/mol. The Kier molecular flexibility index (Phi) is 4.63. The minimum atomic E-state index is -0.973. The molecule has 0 unspecified atom stereocenters. The highest BCUT2D eigenvalue weighted by Crippen LogP contribution is 2.26. The maximum atomic E-state index is 11.0. The van der Waals surface area contributed by atoms with E-state index in [9.17, 15) is 4.79 Å². The molecule has 2 rings (SSSR count). The van der Waals surface area contributed by atoms with Gasteiger partial charge in [0.15, 0.2) is 10.8 Å². The predicted octanol–water partition coefficient (Wildman–Crippen LogP) is 3.97. The van der Waals surface area contributed by atoms with Crippen molar-refractivity contribution in [2.24, 2.45) is 0 Å². The number of aromatic nitrogens is 1. The van der Waals surface area contributed by atoms with Crippen LogP contribution in [-0.2, 0) is 6.42 Å². The summed E-state index contributed by atoms with van der Waals surface area (Å²) in [5.74, 6) is -0.973. The van der Waals surface area contributed by atoms with E-state index in [-0.39, 0.29) is 11.2 Å². The van der Waals surface area contributed by atoms with Crippen LogP contribution >= 0.6 is 11.3 Å². The summed E-state index contributed by atoms with van der Waals surface area (Å²) in [6.45, 7) is 5.99. The quantitative estimate of drug-likeness (QED) is 0.847. The Morgan fingerprint density at radius 2 is 2.00 bits per heavy atom. The van der Waals surface area contributed by atoms with Crippen molar-refractivity contribution in [1.29, 1.82) is 0 Å². The van der Waals surface area contributed by atoms with Gasteiger partial charge in [-0.2, -0.15) is 0 Å². The molecule has 112 valence electrons. The fraction of sp³-hybridized carbons (Fsp3) is 0.375. The molecule has 1 aromatic heterocycles. The number of aryl methyl sites for hydroxylation is 2. The number of hydrogen-bond donors (Lipinski definition) is 2. The van der Waals surface area contributed by atoms with E-state index in [1.165, 1.54) is 16.9 Å². The second-order valence-electron chi connectivity index (χ2n) is 5.72. The zero-order valence-electron chi connectivity index (χ0n) is 12.5. The first kappa shape index (κ1) is 15.5. The number of rotatable bonds is 6. The van der Waals surface area contributed by atoms with Gasteiger partial charge in [0.05, 0.1) is 0 Å². The summed E-state index contributed by atoms with van der Waals surface area (Å²) in [4.78, 5) is 15.9. The first-order chi connectivity index (χ1) is 9.87. The van der Waals surface area contributed by atoms with Crippen LogP contribution in [0.5, 0.6) is 0 Å². The van der Waals surface area contributed by atoms with E-state index < -0.39 is 5.97 Å². The van der Waals surface area contributed by atoms with E-state index in [4.69, 9.17) is 5.11 Å². The van der Waals surface area contributed by atoms with Crippen LogP contribution in [0, 0.1) is 6.92 Å². The Labute approximate surface area is 128 Å². The number of aromatic carboxylic acids is 1. The average molecular weight is 304 g/mol. The lowest BCUT2D eigenvalue weighted by Gasteiger charge is -2.26. The third-order valence-electron chi connectivity index (χ3n) is 3.33. The smallest absolute Gasteiger partial charge is 0.355 e. The highest BCUT2D eigenvalue weighted by Gasteiger charge is 2.21. The lowest BCUT2D eigenvalue weighted by molar-refractivity contribution is 0.0690. The number of hydrogen-bond acceptors (Lipinski definition) is 4. The molecular weight excluding hydrogens is 284 g/mol. The van der Waals surface area contributed by atoms with Gasteiger partial charge in [-0.05, 0) is 39.2 Å².